The van der Waals surface area contributed by atoms with Crippen molar-refractivity contribution >= 4 is 25.4 Å². The molecule has 0 aromatic heterocycles. The van der Waals surface area contributed by atoms with Crippen LogP contribution in [0.25, 0.3) is 0 Å². The van der Waals surface area contributed by atoms with Crippen LogP contribution in [0.3, 0.4) is 0 Å². The second kappa shape index (κ2) is 8.49. The summed E-state index contributed by atoms with van der Waals surface area (Å²) in [5.74, 6) is -1.44. The normalized spacial score (nSPS) is 21.4. The summed E-state index contributed by atoms with van der Waals surface area (Å²) in [7, 11) is 5.58. The van der Waals surface area contributed by atoms with Crippen molar-refractivity contribution in [3.05, 3.63) is 35.9 Å². The second-order valence-electron chi connectivity index (χ2n) is 6.79. The van der Waals surface area contributed by atoms with Gasteiger partial charge in [0.2, 0.25) is 7.85 Å². The van der Waals surface area contributed by atoms with Gasteiger partial charge in [-0.25, -0.2) is 0 Å². The molecule has 1 aromatic rings. The van der Waals surface area contributed by atoms with E-state index in [-0.39, 0.29) is 25.2 Å². The summed E-state index contributed by atoms with van der Waals surface area (Å²) in [5, 5.41) is 0. The summed E-state index contributed by atoms with van der Waals surface area (Å²) in [4.78, 5) is 37.3. The number of benzene rings is 1. The van der Waals surface area contributed by atoms with Crippen molar-refractivity contribution in [2.75, 3.05) is 6.61 Å². The molecular weight excluding hydrogens is 333 g/mol. The Morgan fingerprint density at radius 3 is 2.46 bits per heavy atom. The maximum absolute atomic E-state index is 12.3. The summed E-state index contributed by atoms with van der Waals surface area (Å²) in [6.45, 7) is 5.40. The molecule has 0 bridgehead atoms. The summed E-state index contributed by atoms with van der Waals surface area (Å²) in [5.41, 5.74) is 0.0769. The molecule has 1 heterocycles. The molecule has 7 heteroatoms. The van der Waals surface area contributed by atoms with Crippen molar-refractivity contribution in [2.24, 2.45) is 0 Å². The first-order chi connectivity index (χ1) is 12.2. The lowest BCUT2D eigenvalue weighted by Crippen LogP contribution is -2.48. The topological polar surface area (TPSA) is 72.9 Å². The van der Waals surface area contributed by atoms with Crippen molar-refractivity contribution < 1.29 is 23.9 Å². The minimum atomic E-state index is -0.930. The van der Waals surface area contributed by atoms with Crippen LogP contribution in [0.5, 0.6) is 0 Å². The summed E-state index contributed by atoms with van der Waals surface area (Å²) in [6.07, 6.45) is -0.323. The van der Waals surface area contributed by atoms with E-state index >= 15 is 0 Å². The maximum Gasteiger partial charge on any atom is 0.313 e. The molecule has 6 nitrogen and oxygen atoms in total. The van der Waals surface area contributed by atoms with Gasteiger partial charge in [-0.1, -0.05) is 30.3 Å². The number of hydrogen-bond donors (Lipinski definition) is 0. The zero-order valence-electron chi connectivity index (χ0n) is 15.4. The van der Waals surface area contributed by atoms with Crippen molar-refractivity contribution in [1.82, 2.24) is 4.90 Å². The number of rotatable bonds is 7. The van der Waals surface area contributed by atoms with Gasteiger partial charge in [0.05, 0.1) is 18.8 Å². The lowest BCUT2D eigenvalue weighted by atomic mass is 9.94. The van der Waals surface area contributed by atoms with E-state index in [1.165, 1.54) is 4.90 Å². The standard InChI is InChI=1S/C19H24BNO5/c1-4-25-17(23)12-14(22)11-16-15(10-13-8-6-5-7-9-13)21(18(20)24)19(2,3)26-16/h5-9,15-16H,4,10-12H2,1-3H3. The number of ether oxygens (including phenoxy) is 2. The van der Waals surface area contributed by atoms with Gasteiger partial charge in [0.1, 0.15) is 17.9 Å². The highest BCUT2D eigenvalue weighted by Gasteiger charge is 2.48. The Hall–Kier alpha value is -2.15. The zero-order chi connectivity index (χ0) is 19.3. The number of nitrogens with zero attached hydrogens (tertiary/aromatic N) is 1. The molecule has 26 heavy (non-hydrogen) atoms. The quantitative estimate of drug-likeness (QED) is 0.425. The number of Topliss-reactive ketones (excluding diaryl/α,β-unsaturated/α-hetero) is 1. The van der Waals surface area contributed by atoms with Gasteiger partial charge < -0.3 is 14.4 Å². The van der Waals surface area contributed by atoms with Gasteiger partial charge in [0.15, 0.2) is 5.81 Å². The average molecular weight is 357 g/mol. The van der Waals surface area contributed by atoms with Crippen molar-refractivity contribution in [2.45, 2.75) is 57.9 Å². The van der Waals surface area contributed by atoms with Gasteiger partial charge >= 0.3 is 5.97 Å². The highest BCUT2D eigenvalue weighted by molar-refractivity contribution is 6.57. The molecule has 1 amide bonds. The van der Waals surface area contributed by atoms with Crippen LogP contribution in [-0.2, 0) is 25.5 Å². The minimum absolute atomic E-state index is 0.0174. The molecule has 1 saturated heterocycles. The monoisotopic (exact) mass is 357 g/mol. The first-order valence-corrected chi connectivity index (χ1v) is 8.72. The van der Waals surface area contributed by atoms with Gasteiger partial charge in [0.25, 0.3) is 0 Å². The Balaban J connectivity index is 2.17. The lowest BCUT2D eigenvalue weighted by Gasteiger charge is -2.33. The van der Waals surface area contributed by atoms with Crippen LogP contribution in [0.2, 0.25) is 0 Å². The predicted molar refractivity (Wildman–Crippen MR) is 96.7 cm³/mol. The summed E-state index contributed by atoms with van der Waals surface area (Å²) in [6, 6.07) is 9.22. The molecule has 0 N–H and O–H groups in total. The van der Waals surface area contributed by atoms with Crippen LogP contribution in [0.4, 0.5) is 4.79 Å². The molecule has 0 spiro atoms. The third-order valence-corrected chi connectivity index (χ3v) is 4.38. The number of ketones is 1. The number of esters is 1. The van der Waals surface area contributed by atoms with Gasteiger partial charge in [-0.05, 0) is 32.8 Å². The van der Waals surface area contributed by atoms with E-state index in [4.69, 9.17) is 17.3 Å². The lowest BCUT2D eigenvalue weighted by molar-refractivity contribution is -0.146. The van der Waals surface area contributed by atoms with Gasteiger partial charge in [-0.3, -0.25) is 14.4 Å². The molecule has 1 aliphatic rings. The first-order valence-electron chi connectivity index (χ1n) is 8.72. The largest absolute Gasteiger partial charge is 0.466 e. The molecule has 2 radical (unpaired) electrons. The Morgan fingerprint density at radius 2 is 1.88 bits per heavy atom. The highest BCUT2D eigenvalue weighted by atomic mass is 16.5. The van der Waals surface area contributed by atoms with E-state index in [1.807, 2.05) is 30.3 Å². The molecular formula is C19H24BNO5. The maximum atomic E-state index is 12.3. The fraction of sp³-hybridized carbons (Fsp3) is 0.526. The summed E-state index contributed by atoms with van der Waals surface area (Å²) < 4.78 is 10.8. The van der Waals surface area contributed by atoms with E-state index in [0.717, 1.165) is 5.56 Å². The fourth-order valence-electron chi connectivity index (χ4n) is 3.43. The van der Waals surface area contributed by atoms with Crippen molar-refractivity contribution in [3.8, 4) is 0 Å². The number of hydrogen-bond acceptors (Lipinski definition) is 5. The Bertz CT molecular complexity index is 661. The third-order valence-electron chi connectivity index (χ3n) is 4.38. The van der Waals surface area contributed by atoms with E-state index in [2.05, 4.69) is 0 Å². The molecule has 2 unspecified atom stereocenters. The molecule has 2 rings (SSSR count). The fourth-order valence-corrected chi connectivity index (χ4v) is 3.43. The number of carbonyl (C=O) groups excluding carboxylic acids is 3. The zero-order valence-corrected chi connectivity index (χ0v) is 15.4. The van der Waals surface area contributed by atoms with Crippen molar-refractivity contribution in [1.29, 1.82) is 0 Å². The van der Waals surface area contributed by atoms with Gasteiger partial charge in [-0.15, -0.1) is 0 Å². The molecule has 2 atom stereocenters. The van der Waals surface area contributed by atoms with Gasteiger partial charge in [0, 0.05) is 6.42 Å². The van der Waals surface area contributed by atoms with Gasteiger partial charge in [-0.2, -0.15) is 0 Å². The molecule has 138 valence electrons. The van der Waals surface area contributed by atoms with Crippen LogP contribution in [0.1, 0.15) is 39.2 Å². The van der Waals surface area contributed by atoms with E-state index in [1.54, 1.807) is 20.8 Å². The van der Waals surface area contributed by atoms with E-state index in [0.29, 0.717) is 6.42 Å². The molecule has 1 aliphatic heterocycles. The molecule has 1 aromatic carbocycles. The first kappa shape index (κ1) is 20.2. The Morgan fingerprint density at radius 1 is 1.23 bits per heavy atom. The van der Waals surface area contributed by atoms with Crippen LogP contribution in [0.15, 0.2) is 30.3 Å². The molecule has 0 saturated carbocycles. The predicted octanol–water partition coefficient (Wildman–Crippen LogP) is 2.24. The molecule has 0 aliphatic carbocycles. The van der Waals surface area contributed by atoms with E-state index in [9.17, 15) is 14.4 Å². The van der Waals surface area contributed by atoms with Crippen LogP contribution in [-0.4, -0.2) is 54.8 Å². The Labute approximate surface area is 155 Å². The van der Waals surface area contributed by atoms with Crippen LogP contribution >= 0.6 is 0 Å². The van der Waals surface area contributed by atoms with Crippen LogP contribution in [0, 0.1) is 0 Å². The third kappa shape index (κ3) is 4.94. The second-order valence-corrected chi connectivity index (χ2v) is 6.79. The Kier molecular flexibility index (Phi) is 6.59. The number of amides is 1. The average Bonchev–Trinajstić information content (AvgIpc) is 2.78. The van der Waals surface area contributed by atoms with Crippen LogP contribution < -0.4 is 0 Å². The van der Waals surface area contributed by atoms with E-state index < -0.39 is 29.6 Å². The molecule has 1 fully saturated rings. The summed E-state index contributed by atoms with van der Waals surface area (Å²) >= 11 is 0. The highest BCUT2D eigenvalue weighted by Crippen LogP contribution is 2.35. The SMILES string of the molecule is [B]C(=O)N1C(Cc2ccccc2)C(CC(=O)CC(=O)OCC)OC1(C)C. The minimum Gasteiger partial charge on any atom is -0.466 e. The number of carbonyl (C=O) groups is 3. The van der Waals surface area contributed by atoms with Crippen molar-refractivity contribution in [3.63, 3.8) is 0 Å². The smallest absolute Gasteiger partial charge is 0.313 e.